The maximum atomic E-state index is 12.2. The Hall–Kier alpha value is -1.83. The van der Waals surface area contributed by atoms with E-state index >= 15 is 0 Å². The van der Waals surface area contributed by atoms with Gasteiger partial charge in [0.15, 0.2) is 0 Å². The Bertz CT molecular complexity index is 870. The lowest BCUT2D eigenvalue weighted by Crippen LogP contribution is -2.38. The molecule has 0 fully saturated rings. The van der Waals surface area contributed by atoms with Gasteiger partial charge >= 0.3 is 0 Å². The van der Waals surface area contributed by atoms with E-state index in [1.807, 2.05) is 0 Å². The Morgan fingerprint density at radius 2 is 1.92 bits per heavy atom. The molecule has 0 radical (unpaired) electrons. The van der Waals surface area contributed by atoms with Crippen LogP contribution in [0.25, 0.3) is 0 Å². The lowest BCUT2D eigenvalue weighted by molar-refractivity contribution is -0.133. The number of rotatable bonds is 5. The third kappa shape index (κ3) is 5.59. The van der Waals surface area contributed by atoms with Crippen LogP contribution >= 0.6 is 39.1 Å². The Labute approximate surface area is 162 Å². The number of anilines is 1. The van der Waals surface area contributed by atoms with Crippen LogP contribution in [0.1, 0.15) is 0 Å². The van der Waals surface area contributed by atoms with Gasteiger partial charge in [-0.25, -0.2) is 0 Å². The molecule has 2 amide bonds. The second-order valence-electron chi connectivity index (χ2n) is 5.24. The highest BCUT2D eigenvalue weighted by Gasteiger charge is 2.14. The summed E-state index contributed by atoms with van der Waals surface area (Å²) in [5.74, 6) is -0.764. The molecule has 0 saturated carbocycles. The number of aromatic nitrogens is 1. The molecular weight excluding hydrogens is 433 g/mol. The first kappa shape index (κ1) is 19.5. The third-order valence-corrected chi connectivity index (χ3v) is 4.47. The minimum atomic E-state index is -0.393. The van der Waals surface area contributed by atoms with Gasteiger partial charge in [-0.1, -0.05) is 23.2 Å². The van der Waals surface area contributed by atoms with E-state index in [1.54, 1.807) is 18.2 Å². The van der Waals surface area contributed by atoms with E-state index in [0.717, 1.165) is 0 Å². The number of amides is 2. The average Bonchev–Trinajstić information content (AvgIpc) is 2.54. The van der Waals surface area contributed by atoms with Gasteiger partial charge in [-0.15, -0.1) is 0 Å². The van der Waals surface area contributed by atoms with E-state index in [0.29, 0.717) is 20.2 Å². The van der Waals surface area contributed by atoms with Crippen molar-refractivity contribution < 1.29 is 9.59 Å². The second-order valence-corrected chi connectivity index (χ2v) is 6.97. The van der Waals surface area contributed by atoms with Crippen LogP contribution in [-0.2, 0) is 16.1 Å². The molecule has 0 saturated heterocycles. The zero-order chi connectivity index (χ0) is 18.6. The summed E-state index contributed by atoms with van der Waals surface area (Å²) < 4.78 is 1.94. The zero-order valence-electron chi connectivity index (χ0n) is 13.1. The monoisotopic (exact) mass is 445 g/mol. The standard InChI is InChI=1S/C16H14BrCl2N3O3/c1-21(16(25)9-22-7-10(17)2-5-15(22)24)8-14(23)20-11-3-4-12(18)13(19)6-11/h2-7H,8-9H2,1H3,(H,20,23). The molecule has 0 bridgehead atoms. The smallest absolute Gasteiger partial charge is 0.251 e. The number of hydrogen-bond donors (Lipinski definition) is 1. The van der Waals surface area contributed by atoms with Gasteiger partial charge in [0, 0.05) is 29.5 Å². The Kier molecular flexibility index (Phi) is 6.64. The molecule has 2 rings (SSSR count). The molecule has 6 nitrogen and oxygen atoms in total. The van der Waals surface area contributed by atoms with Crippen LogP contribution in [0.4, 0.5) is 5.69 Å². The molecule has 0 spiro atoms. The molecule has 1 aromatic heterocycles. The van der Waals surface area contributed by atoms with Gasteiger partial charge < -0.3 is 14.8 Å². The number of halogens is 3. The van der Waals surface area contributed by atoms with Gasteiger partial charge in [-0.05, 0) is 40.2 Å². The van der Waals surface area contributed by atoms with E-state index in [-0.39, 0.29) is 24.6 Å². The Morgan fingerprint density at radius 1 is 1.20 bits per heavy atom. The van der Waals surface area contributed by atoms with Crippen LogP contribution < -0.4 is 10.9 Å². The quantitative estimate of drug-likeness (QED) is 0.767. The average molecular weight is 447 g/mol. The highest BCUT2D eigenvalue weighted by molar-refractivity contribution is 9.10. The molecule has 0 unspecified atom stereocenters. The van der Waals surface area contributed by atoms with Gasteiger partial charge in [0.05, 0.1) is 16.6 Å². The van der Waals surface area contributed by atoms with Gasteiger partial charge in [-0.2, -0.15) is 0 Å². The molecule has 0 aliphatic heterocycles. The minimum Gasteiger partial charge on any atom is -0.335 e. The number of nitrogens with zero attached hydrogens (tertiary/aromatic N) is 2. The summed E-state index contributed by atoms with van der Waals surface area (Å²) in [4.78, 5) is 37.2. The largest absolute Gasteiger partial charge is 0.335 e. The molecule has 0 atom stereocenters. The number of pyridine rings is 1. The summed E-state index contributed by atoms with van der Waals surface area (Å²) in [5.41, 5.74) is 0.175. The maximum absolute atomic E-state index is 12.2. The molecule has 0 aliphatic carbocycles. The summed E-state index contributed by atoms with van der Waals surface area (Å²) in [6, 6.07) is 7.64. The topological polar surface area (TPSA) is 71.4 Å². The SMILES string of the molecule is CN(CC(=O)Nc1ccc(Cl)c(Cl)c1)C(=O)Cn1cc(Br)ccc1=O. The highest BCUT2D eigenvalue weighted by Crippen LogP contribution is 2.24. The second kappa shape index (κ2) is 8.51. The van der Waals surface area contributed by atoms with E-state index in [9.17, 15) is 14.4 Å². The molecule has 9 heteroatoms. The number of carbonyl (C=O) groups is 2. The summed E-state index contributed by atoms with van der Waals surface area (Å²) in [7, 11) is 1.49. The Morgan fingerprint density at radius 3 is 2.60 bits per heavy atom. The number of likely N-dealkylation sites (N-methyl/N-ethyl adjacent to an activating group) is 1. The van der Waals surface area contributed by atoms with Crippen LogP contribution in [-0.4, -0.2) is 34.9 Å². The van der Waals surface area contributed by atoms with Crippen LogP contribution in [0.2, 0.25) is 10.0 Å². The van der Waals surface area contributed by atoms with Crippen LogP contribution in [0, 0.1) is 0 Å². The van der Waals surface area contributed by atoms with Crippen molar-refractivity contribution in [2.75, 3.05) is 18.9 Å². The van der Waals surface area contributed by atoms with Crippen molar-refractivity contribution in [3.63, 3.8) is 0 Å². The van der Waals surface area contributed by atoms with Crippen LogP contribution in [0.15, 0.2) is 45.8 Å². The maximum Gasteiger partial charge on any atom is 0.251 e. The van der Waals surface area contributed by atoms with E-state index in [4.69, 9.17) is 23.2 Å². The predicted octanol–water partition coefficient (Wildman–Crippen LogP) is 3.01. The highest BCUT2D eigenvalue weighted by atomic mass is 79.9. The van der Waals surface area contributed by atoms with E-state index < -0.39 is 5.91 Å². The van der Waals surface area contributed by atoms with Gasteiger partial charge in [-0.3, -0.25) is 14.4 Å². The van der Waals surface area contributed by atoms with Crippen molar-refractivity contribution in [1.82, 2.24) is 9.47 Å². The number of carbonyl (C=O) groups excluding carboxylic acids is 2. The molecule has 2 aromatic rings. The van der Waals surface area contributed by atoms with Crippen molar-refractivity contribution >= 4 is 56.6 Å². The number of benzene rings is 1. The zero-order valence-corrected chi connectivity index (χ0v) is 16.2. The third-order valence-electron chi connectivity index (χ3n) is 3.26. The summed E-state index contributed by atoms with van der Waals surface area (Å²) >= 11 is 14.9. The molecule has 1 aromatic carbocycles. The molecule has 132 valence electrons. The Balaban J connectivity index is 1.95. The van der Waals surface area contributed by atoms with E-state index in [2.05, 4.69) is 21.2 Å². The number of hydrogen-bond acceptors (Lipinski definition) is 3. The van der Waals surface area contributed by atoms with Gasteiger partial charge in [0.1, 0.15) is 6.54 Å². The fourth-order valence-electron chi connectivity index (χ4n) is 1.97. The van der Waals surface area contributed by atoms with Gasteiger partial charge in [0.2, 0.25) is 11.8 Å². The molecular formula is C16H14BrCl2N3O3. The van der Waals surface area contributed by atoms with Crippen LogP contribution in [0.5, 0.6) is 0 Å². The van der Waals surface area contributed by atoms with Crippen molar-refractivity contribution in [3.8, 4) is 0 Å². The first-order valence-electron chi connectivity index (χ1n) is 7.11. The van der Waals surface area contributed by atoms with Crippen molar-refractivity contribution in [3.05, 3.63) is 61.4 Å². The molecule has 25 heavy (non-hydrogen) atoms. The van der Waals surface area contributed by atoms with Gasteiger partial charge in [0.25, 0.3) is 5.56 Å². The predicted molar refractivity (Wildman–Crippen MR) is 101 cm³/mol. The minimum absolute atomic E-state index is 0.158. The number of nitrogens with one attached hydrogen (secondary N) is 1. The van der Waals surface area contributed by atoms with E-state index in [1.165, 1.54) is 34.8 Å². The lowest BCUT2D eigenvalue weighted by atomic mass is 10.3. The van der Waals surface area contributed by atoms with Crippen molar-refractivity contribution in [1.29, 1.82) is 0 Å². The summed E-state index contributed by atoms with van der Waals surface area (Å²) in [5, 5.41) is 3.33. The summed E-state index contributed by atoms with van der Waals surface area (Å²) in [6.07, 6.45) is 1.52. The fourth-order valence-corrected chi connectivity index (χ4v) is 2.65. The molecule has 1 N–H and O–H groups in total. The fraction of sp³-hybridized carbons (Fsp3) is 0.188. The lowest BCUT2D eigenvalue weighted by Gasteiger charge is -2.17. The molecule has 0 aliphatic rings. The first-order chi connectivity index (χ1) is 11.8. The van der Waals surface area contributed by atoms with Crippen molar-refractivity contribution in [2.45, 2.75) is 6.54 Å². The normalized spacial score (nSPS) is 10.4. The van der Waals surface area contributed by atoms with Crippen LogP contribution in [0.3, 0.4) is 0 Å². The molecule has 1 heterocycles. The van der Waals surface area contributed by atoms with Crippen molar-refractivity contribution in [2.24, 2.45) is 0 Å². The summed E-state index contributed by atoms with van der Waals surface area (Å²) in [6.45, 7) is -0.323. The first-order valence-corrected chi connectivity index (χ1v) is 8.66.